The van der Waals surface area contributed by atoms with Gasteiger partial charge in [0.1, 0.15) is 12.4 Å². The van der Waals surface area contributed by atoms with Crippen molar-refractivity contribution in [1.82, 2.24) is 0 Å². The standard InChI is InChI=1S/C15H11BrCl2O3/c16-11-3-1-10(2-4-11)8-21-15(19)9-20-14-6-5-12(17)7-13(14)18/h1-7H,8-9H2. The van der Waals surface area contributed by atoms with Crippen LogP contribution < -0.4 is 4.74 Å². The van der Waals surface area contributed by atoms with Crippen LogP contribution in [0.4, 0.5) is 0 Å². The van der Waals surface area contributed by atoms with E-state index >= 15 is 0 Å². The molecule has 6 heteroatoms. The molecule has 0 aliphatic rings. The molecule has 2 aromatic carbocycles. The Morgan fingerprint density at radius 3 is 2.48 bits per heavy atom. The molecule has 0 unspecified atom stereocenters. The van der Waals surface area contributed by atoms with Crippen LogP contribution in [0.15, 0.2) is 46.9 Å². The lowest BCUT2D eigenvalue weighted by atomic mass is 10.2. The van der Waals surface area contributed by atoms with Gasteiger partial charge in [-0.1, -0.05) is 51.3 Å². The summed E-state index contributed by atoms with van der Waals surface area (Å²) in [7, 11) is 0. The molecule has 0 radical (unpaired) electrons. The first-order chi connectivity index (χ1) is 10.0. The highest BCUT2D eigenvalue weighted by Crippen LogP contribution is 2.27. The molecule has 2 aromatic rings. The Labute approximate surface area is 140 Å². The lowest BCUT2D eigenvalue weighted by molar-refractivity contribution is -0.147. The lowest BCUT2D eigenvalue weighted by Gasteiger charge is -2.08. The van der Waals surface area contributed by atoms with Crippen LogP contribution in [0.1, 0.15) is 5.56 Å². The first-order valence-corrected chi connectivity index (χ1v) is 7.57. The number of benzene rings is 2. The SMILES string of the molecule is O=C(COc1ccc(Cl)cc1Cl)OCc1ccc(Br)cc1. The van der Waals surface area contributed by atoms with E-state index in [1.807, 2.05) is 24.3 Å². The van der Waals surface area contributed by atoms with Gasteiger partial charge in [-0.25, -0.2) is 4.79 Å². The Morgan fingerprint density at radius 1 is 1.10 bits per heavy atom. The summed E-state index contributed by atoms with van der Waals surface area (Å²) in [6.45, 7) is -0.0122. The van der Waals surface area contributed by atoms with Gasteiger partial charge < -0.3 is 9.47 Å². The Balaban J connectivity index is 1.80. The van der Waals surface area contributed by atoms with Gasteiger partial charge in [0, 0.05) is 9.50 Å². The second-order valence-corrected chi connectivity index (χ2v) is 5.91. The van der Waals surface area contributed by atoms with Crippen molar-refractivity contribution in [3.63, 3.8) is 0 Å². The van der Waals surface area contributed by atoms with E-state index in [2.05, 4.69) is 15.9 Å². The van der Waals surface area contributed by atoms with Crippen LogP contribution in [-0.4, -0.2) is 12.6 Å². The van der Waals surface area contributed by atoms with Crippen LogP contribution in [0, 0.1) is 0 Å². The molecule has 0 aromatic heterocycles. The number of hydrogen-bond donors (Lipinski definition) is 0. The van der Waals surface area contributed by atoms with Crippen molar-refractivity contribution < 1.29 is 14.3 Å². The average molecular weight is 390 g/mol. The maximum absolute atomic E-state index is 11.6. The lowest BCUT2D eigenvalue weighted by Crippen LogP contribution is -2.14. The van der Waals surface area contributed by atoms with Gasteiger partial charge in [-0.2, -0.15) is 0 Å². The fourth-order valence-corrected chi connectivity index (χ4v) is 2.24. The summed E-state index contributed by atoms with van der Waals surface area (Å²) in [6, 6.07) is 12.3. The van der Waals surface area contributed by atoms with E-state index in [0.717, 1.165) is 10.0 Å². The highest BCUT2D eigenvalue weighted by molar-refractivity contribution is 9.10. The molecule has 0 amide bonds. The van der Waals surface area contributed by atoms with Crippen LogP contribution in [0.5, 0.6) is 5.75 Å². The second-order valence-electron chi connectivity index (χ2n) is 4.15. The third-order valence-electron chi connectivity index (χ3n) is 2.55. The molecule has 21 heavy (non-hydrogen) atoms. The normalized spacial score (nSPS) is 10.2. The monoisotopic (exact) mass is 388 g/mol. The van der Waals surface area contributed by atoms with Gasteiger partial charge in [-0.3, -0.25) is 0 Å². The summed E-state index contributed by atoms with van der Waals surface area (Å²) >= 11 is 15.0. The number of carbonyl (C=O) groups is 1. The van der Waals surface area contributed by atoms with E-state index in [1.165, 1.54) is 0 Å². The summed E-state index contributed by atoms with van der Waals surface area (Å²) in [6.07, 6.45) is 0. The van der Waals surface area contributed by atoms with Crippen LogP contribution in [0.25, 0.3) is 0 Å². The number of rotatable bonds is 5. The second kappa shape index (κ2) is 7.69. The molecule has 0 saturated carbocycles. The molecule has 0 aliphatic carbocycles. The Kier molecular flexibility index (Phi) is 5.91. The maximum Gasteiger partial charge on any atom is 0.344 e. The third kappa shape index (κ3) is 5.23. The molecular weight excluding hydrogens is 379 g/mol. The highest BCUT2D eigenvalue weighted by atomic mass is 79.9. The van der Waals surface area contributed by atoms with Gasteiger partial charge in [0.2, 0.25) is 0 Å². The van der Waals surface area contributed by atoms with Crippen LogP contribution in [0.2, 0.25) is 10.0 Å². The predicted molar refractivity (Wildman–Crippen MR) is 85.9 cm³/mol. The molecule has 0 heterocycles. The van der Waals surface area contributed by atoms with Crippen molar-refractivity contribution in [3.05, 3.63) is 62.5 Å². The first kappa shape index (κ1) is 16.1. The van der Waals surface area contributed by atoms with Crippen molar-refractivity contribution >= 4 is 45.1 Å². The van der Waals surface area contributed by atoms with Gasteiger partial charge in [-0.15, -0.1) is 0 Å². The van der Waals surface area contributed by atoms with Gasteiger partial charge in [0.05, 0.1) is 5.02 Å². The van der Waals surface area contributed by atoms with Crippen molar-refractivity contribution in [2.75, 3.05) is 6.61 Å². The smallest absolute Gasteiger partial charge is 0.344 e. The van der Waals surface area contributed by atoms with Crippen molar-refractivity contribution in [1.29, 1.82) is 0 Å². The third-order valence-corrected chi connectivity index (χ3v) is 3.61. The summed E-state index contributed by atoms with van der Waals surface area (Å²) < 4.78 is 11.4. The van der Waals surface area contributed by atoms with Gasteiger partial charge in [-0.05, 0) is 35.9 Å². The van der Waals surface area contributed by atoms with Crippen LogP contribution in [-0.2, 0) is 16.1 Å². The fourth-order valence-electron chi connectivity index (χ4n) is 1.52. The quantitative estimate of drug-likeness (QED) is 0.683. The minimum absolute atomic E-state index is 0.198. The fraction of sp³-hybridized carbons (Fsp3) is 0.133. The summed E-state index contributed by atoms with van der Waals surface area (Å²) in [5.41, 5.74) is 0.899. The number of esters is 1. The number of halogens is 3. The van der Waals surface area contributed by atoms with E-state index in [-0.39, 0.29) is 13.2 Å². The van der Waals surface area contributed by atoms with Gasteiger partial charge >= 0.3 is 5.97 Å². The molecular formula is C15H11BrCl2O3. The molecule has 0 aliphatic heterocycles. The zero-order valence-corrected chi connectivity index (χ0v) is 13.9. The molecule has 0 fully saturated rings. The summed E-state index contributed by atoms with van der Waals surface area (Å²) in [4.78, 5) is 11.6. The summed E-state index contributed by atoms with van der Waals surface area (Å²) in [5, 5.41) is 0.855. The zero-order chi connectivity index (χ0) is 15.2. The molecule has 2 rings (SSSR count). The number of hydrogen-bond acceptors (Lipinski definition) is 3. The van der Waals surface area contributed by atoms with Crippen molar-refractivity contribution in [2.24, 2.45) is 0 Å². The largest absolute Gasteiger partial charge is 0.480 e. The van der Waals surface area contributed by atoms with Gasteiger partial charge in [0.15, 0.2) is 6.61 Å². The molecule has 0 N–H and O–H groups in total. The minimum atomic E-state index is -0.469. The average Bonchev–Trinajstić information content (AvgIpc) is 2.46. The Bertz CT molecular complexity index is 629. The van der Waals surface area contributed by atoms with Crippen LogP contribution >= 0.6 is 39.1 Å². The van der Waals surface area contributed by atoms with Crippen molar-refractivity contribution in [2.45, 2.75) is 6.61 Å². The number of ether oxygens (including phenoxy) is 2. The van der Waals surface area contributed by atoms with Gasteiger partial charge in [0.25, 0.3) is 0 Å². The Morgan fingerprint density at radius 2 is 1.81 bits per heavy atom. The van der Waals surface area contributed by atoms with Crippen LogP contribution in [0.3, 0.4) is 0 Å². The zero-order valence-electron chi connectivity index (χ0n) is 10.8. The molecule has 3 nitrogen and oxygen atoms in total. The Hall–Kier alpha value is -1.23. The van der Waals surface area contributed by atoms with E-state index < -0.39 is 5.97 Å². The molecule has 0 saturated heterocycles. The van der Waals surface area contributed by atoms with E-state index in [0.29, 0.717) is 15.8 Å². The van der Waals surface area contributed by atoms with E-state index in [4.69, 9.17) is 32.7 Å². The molecule has 0 bridgehead atoms. The predicted octanol–water partition coefficient (Wildman–Crippen LogP) is 4.88. The highest BCUT2D eigenvalue weighted by Gasteiger charge is 2.08. The maximum atomic E-state index is 11.6. The number of carbonyl (C=O) groups excluding carboxylic acids is 1. The molecule has 0 spiro atoms. The summed E-state index contributed by atoms with van der Waals surface area (Å²) in [5.74, 6) is -0.0782. The van der Waals surface area contributed by atoms with E-state index in [1.54, 1.807) is 18.2 Å². The molecule has 110 valence electrons. The van der Waals surface area contributed by atoms with Crippen molar-refractivity contribution in [3.8, 4) is 5.75 Å². The van der Waals surface area contributed by atoms with E-state index in [9.17, 15) is 4.79 Å². The minimum Gasteiger partial charge on any atom is -0.480 e. The first-order valence-electron chi connectivity index (χ1n) is 6.02. The molecule has 0 atom stereocenters. The topological polar surface area (TPSA) is 35.5 Å².